The number of nitrogens with one attached hydrogen (secondary N) is 1. The number of hydrogen-bond donors (Lipinski definition) is 1. The lowest BCUT2D eigenvalue weighted by Crippen LogP contribution is -2.33. The number of carbonyl (C=O) groups excluding carboxylic acids is 1. The second-order valence-corrected chi connectivity index (χ2v) is 9.16. The van der Waals surface area contributed by atoms with Crippen molar-refractivity contribution in [3.8, 4) is 5.69 Å². The first-order chi connectivity index (χ1) is 16.1. The van der Waals surface area contributed by atoms with E-state index in [2.05, 4.69) is 53.6 Å². The molecule has 3 aromatic carbocycles. The predicted molar refractivity (Wildman–Crippen MR) is 133 cm³/mol. The first-order valence-corrected chi connectivity index (χ1v) is 12.1. The van der Waals surface area contributed by atoms with Crippen LogP contribution < -0.4 is 5.32 Å². The molecule has 1 N–H and O–H groups in total. The molecular formula is C27H28N4OS. The van der Waals surface area contributed by atoms with Crippen LogP contribution in [0.3, 0.4) is 0 Å². The molecule has 0 radical (unpaired) electrons. The van der Waals surface area contributed by atoms with Crippen molar-refractivity contribution in [1.82, 2.24) is 20.1 Å². The molecule has 4 rings (SSSR count). The molecule has 0 aliphatic carbocycles. The second-order valence-electron chi connectivity index (χ2n) is 8.22. The fraction of sp³-hybridized carbons (Fsp3) is 0.222. The number of amides is 1. The Morgan fingerprint density at radius 2 is 1.48 bits per heavy atom. The zero-order valence-corrected chi connectivity index (χ0v) is 19.7. The van der Waals surface area contributed by atoms with Gasteiger partial charge in [-0.1, -0.05) is 104 Å². The largest absolute Gasteiger partial charge is 0.348 e. The van der Waals surface area contributed by atoms with Crippen LogP contribution in [0.5, 0.6) is 0 Å². The van der Waals surface area contributed by atoms with E-state index in [1.54, 1.807) is 0 Å². The van der Waals surface area contributed by atoms with E-state index in [0.29, 0.717) is 11.6 Å². The number of benzene rings is 3. The lowest BCUT2D eigenvalue weighted by atomic mass is 9.96. The lowest BCUT2D eigenvalue weighted by molar-refractivity contribution is -0.119. The average Bonchev–Trinajstić information content (AvgIpc) is 3.25. The molecule has 0 saturated heterocycles. The van der Waals surface area contributed by atoms with Crippen LogP contribution in [-0.2, 0) is 11.2 Å². The highest BCUT2D eigenvalue weighted by molar-refractivity contribution is 7.99. The van der Waals surface area contributed by atoms with Gasteiger partial charge in [0.15, 0.2) is 5.16 Å². The summed E-state index contributed by atoms with van der Waals surface area (Å²) in [6, 6.07) is 30.3. The first kappa shape index (κ1) is 22.8. The number of para-hydroxylation sites is 1. The molecule has 1 heterocycles. The van der Waals surface area contributed by atoms with Crippen molar-refractivity contribution in [2.75, 3.05) is 5.75 Å². The summed E-state index contributed by atoms with van der Waals surface area (Å²) in [7, 11) is 0. The number of carbonyl (C=O) groups is 1. The fourth-order valence-electron chi connectivity index (χ4n) is 3.76. The zero-order chi connectivity index (χ0) is 23.0. The molecule has 1 amide bonds. The van der Waals surface area contributed by atoms with Crippen molar-refractivity contribution in [3.05, 3.63) is 108 Å². The molecule has 168 valence electrons. The van der Waals surface area contributed by atoms with E-state index >= 15 is 0 Å². The minimum atomic E-state index is -0.0278. The smallest absolute Gasteiger partial charge is 0.230 e. The van der Waals surface area contributed by atoms with Gasteiger partial charge in [-0.2, -0.15) is 0 Å². The van der Waals surface area contributed by atoms with Gasteiger partial charge in [0, 0.05) is 12.1 Å². The van der Waals surface area contributed by atoms with Crippen LogP contribution in [0.15, 0.2) is 96.2 Å². The Labute approximate surface area is 199 Å². The van der Waals surface area contributed by atoms with Gasteiger partial charge >= 0.3 is 0 Å². The molecule has 6 heteroatoms. The second kappa shape index (κ2) is 11.0. The molecule has 4 aromatic rings. The highest BCUT2D eigenvalue weighted by Crippen LogP contribution is 2.25. The van der Waals surface area contributed by atoms with E-state index in [-0.39, 0.29) is 23.6 Å². The SMILES string of the molecule is CC(C)C(NC(=O)CSc1nnc(Cc2ccccc2)n1-c1ccccc1)c1ccccc1. The van der Waals surface area contributed by atoms with Gasteiger partial charge in [0.2, 0.25) is 5.91 Å². The Hall–Kier alpha value is -3.38. The Balaban J connectivity index is 1.51. The minimum absolute atomic E-state index is 0.0187. The third kappa shape index (κ3) is 5.90. The number of hydrogen-bond acceptors (Lipinski definition) is 4. The minimum Gasteiger partial charge on any atom is -0.348 e. The molecule has 0 aliphatic heterocycles. The van der Waals surface area contributed by atoms with Gasteiger partial charge in [0.1, 0.15) is 5.82 Å². The summed E-state index contributed by atoms with van der Waals surface area (Å²) in [5, 5.41) is 12.8. The highest BCUT2D eigenvalue weighted by Gasteiger charge is 2.20. The van der Waals surface area contributed by atoms with Crippen LogP contribution in [0.25, 0.3) is 5.69 Å². The standard InChI is InChI=1S/C27H28N4OS/c1-20(2)26(22-14-8-4-9-15-22)28-25(32)19-33-27-30-29-24(18-21-12-6-3-7-13-21)31(27)23-16-10-5-11-17-23/h3-17,20,26H,18-19H2,1-2H3,(H,28,32). The molecule has 0 aliphatic rings. The van der Waals surface area contributed by atoms with Gasteiger partial charge < -0.3 is 5.32 Å². The summed E-state index contributed by atoms with van der Waals surface area (Å²) < 4.78 is 2.04. The van der Waals surface area contributed by atoms with E-state index in [4.69, 9.17) is 0 Å². The normalized spacial score (nSPS) is 12.0. The van der Waals surface area contributed by atoms with Crippen LogP contribution in [0.1, 0.15) is 36.8 Å². The Kier molecular flexibility index (Phi) is 7.58. The quantitative estimate of drug-likeness (QED) is 0.340. The highest BCUT2D eigenvalue weighted by atomic mass is 32.2. The molecule has 1 unspecified atom stereocenters. The number of aromatic nitrogens is 3. The van der Waals surface area contributed by atoms with E-state index in [0.717, 1.165) is 17.1 Å². The fourth-order valence-corrected chi connectivity index (χ4v) is 4.55. The van der Waals surface area contributed by atoms with E-state index in [1.807, 2.05) is 71.3 Å². The topological polar surface area (TPSA) is 59.8 Å². The van der Waals surface area contributed by atoms with E-state index in [9.17, 15) is 4.79 Å². The predicted octanol–water partition coefficient (Wildman–Crippen LogP) is 5.46. The summed E-state index contributed by atoms with van der Waals surface area (Å²) >= 11 is 1.41. The molecule has 0 saturated carbocycles. The number of nitrogens with zero attached hydrogens (tertiary/aromatic N) is 3. The van der Waals surface area contributed by atoms with E-state index < -0.39 is 0 Å². The number of rotatable bonds is 9. The summed E-state index contributed by atoms with van der Waals surface area (Å²) in [4.78, 5) is 12.9. The van der Waals surface area contributed by atoms with Gasteiger partial charge in [-0.05, 0) is 29.2 Å². The zero-order valence-electron chi connectivity index (χ0n) is 18.9. The van der Waals surface area contributed by atoms with Crippen molar-refractivity contribution in [2.24, 2.45) is 5.92 Å². The first-order valence-electron chi connectivity index (χ1n) is 11.1. The van der Waals surface area contributed by atoms with Crippen molar-refractivity contribution in [1.29, 1.82) is 0 Å². The van der Waals surface area contributed by atoms with Crippen LogP contribution in [-0.4, -0.2) is 26.4 Å². The maximum Gasteiger partial charge on any atom is 0.230 e. The van der Waals surface area contributed by atoms with Gasteiger partial charge in [-0.3, -0.25) is 9.36 Å². The summed E-state index contributed by atoms with van der Waals surface area (Å²) in [6.07, 6.45) is 0.666. The monoisotopic (exact) mass is 456 g/mol. The molecule has 0 bridgehead atoms. The third-order valence-corrected chi connectivity index (χ3v) is 6.32. The number of thioether (sulfide) groups is 1. The molecule has 1 atom stereocenters. The van der Waals surface area contributed by atoms with Gasteiger partial charge in [0.05, 0.1) is 11.8 Å². The maximum atomic E-state index is 12.9. The molecule has 5 nitrogen and oxygen atoms in total. The van der Waals surface area contributed by atoms with Crippen LogP contribution in [0.4, 0.5) is 0 Å². The van der Waals surface area contributed by atoms with Gasteiger partial charge in [-0.15, -0.1) is 10.2 Å². The van der Waals surface area contributed by atoms with E-state index in [1.165, 1.54) is 17.3 Å². The summed E-state index contributed by atoms with van der Waals surface area (Å²) in [5.41, 5.74) is 3.27. The third-order valence-electron chi connectivity index (χ3n) is 5.39. The van der Waals surface area contributed by atoms with Crippen molar-refractivity contribution < 1.29 is 4.79 Å². The lowest BCUT2D eigenvalue weighted by Gasteiger charge is -2.22. The molecule has 33 heavy (non-hydrogen) atoms. The molecule has 0 fully saturated rings. The van der Waals surface area contributed by atoms with Gasteiger partial charge in [-0.25, -0.2) is 0 Å². The van der Waals surface area contributed by atoms with Crippen molar-refractivity contribution in [2.45, 2.75) is 31.5 Å². The molecule has 1 aromatic heterocycles. The Morgan fingerprint density at radius 1 is 0.879 bits per heavy atom. The average molecular weight is 457 g/mol. The molecular weight excluding hydrogens is 428 g/mol. The molecule has 0 spiro atoms. The summed E-state index contributed by atoms with van der Waals surface area (Å²) in [6.45, 7) is 4.24. The summed E-state index contributed by atoms with van der Waals surface area (Å²) in [5.74, 6) is 1.38. The Morgan fingerprint density at radius 3 is 2.12 bits per heavy atom. The van der Waals surface area contributed by atoms with Crippen molar-refractivity contribution >= 4 is 17.7 Å². The van der Waals surface area contributed by atoms with Crippen molar-refractivity contribution in [3.63, 3.8) is 0 Å². The van der Waals surface area contributed by atoms with Crippen LogP contribution in [0, 0.1) is 5.92 Å². The Bertz CT molecular complexity index is 1160. The van der Waals surface area contributed by atoms with Crippen LogP contribution >= 0.6 is 11.8 Å². The van der Waals surface area contributed by atoms with Crippen LogP contribution in [0.2, 0.25) is 0 Å². The maximum absolute atomic E-state index is 12.9. The van der Waals surface area contributed by atoms with Gasteiger partial charge in [0.25, 0.3) is 0 Å².